The molecule has 2 rings (SSSR count). The molecule has 1 N–H and O–H groups in total. The van der Waals surface area contributed by atoms with Crippen LogP contribution in [-0.4, -0.2) is 5.01 Å². The Bertz CT molecular complexity index is 384. The molecule has 2 nitrogen and oxygen atoms in total. The molecule has 1 aromatic carbocycles. The average Bonchev–Trinajstić information content (AvgIpc) is 2.30. The lowest BCUT2D eigenvalue weighted by atomic mass is 10.1. The van der Waals surface area contributed by atoms with Crippen LogP contribution in [0.15, 0.2) is 53.8 Å². The normalized spacial score (nSPS) is 16.9. The van der Waals surface area contributed by atoms with Crippen LogP contribution in [0.2, 0.25) is 0 Å². The number of nitrogens with one attached hydrogen (secondary N) is 1. The average molecular weight is 221 g/mol. The van der Waals surface area contributed by atoms with E-state index in [0.717, 1.165) is 0 Å². The number of benzene rings is 1. The largest absolute Gasteiger partial charge is 0.304 e. The molecule has 1 aliphatic rings. The third-order valence-electron chi connectivity index (χ3n) is 2.44. The molecule has 1 atom stereocenters. The number of hydrogen-bond donors (Lipinski definition) is 1. The molecule has 1 aliphatic heterocycles. The summed E-state index contributed by atoms with van der Waals surface area (Å²) in [5.74, 6) is 0. The molecule has 0 spiro atoms. The van der Waals surface area contributed by atoms with E-state index in [0.29, 0.717) is 5.16 Å². The molecule has 0 aliphatic carbocycles. The number of nitrogens with zero attached hydrogens (tertiary/aromatic N) is 1. The van der Waals surface area contributed by atoms with E-state index in [1.54, 1.807) is 0 Å². The molecule has 1 heterocycles. The highest BCUT2D eigenvalue weighted by atomic mass is 35.5. The van der Waals surface area contributed by atoms with Gasteiger partial charge < -0.3 is 5.43 Å². The van der Waals surface area contributed by atoms with Crippen LogP contribution in [0.4, 0.5) is 0 Å². The fourth-order valence-corrected chi connectivity index (χ4v) is 1.84. The van der Waals surface area contributed by atoms with Gasteiger partial charge >= 0.3 is 0 Å². The highest BCUT2D eigenvalue weighted by Gasteiger charge is 2.17. The molecule has 0 saturated heterocycles. The van der Waals surface area contributed by atoms with Crippen LogP contribution in [0.5, 0.6) is 0 Å². The van der Waals surface area contributed by atoms with E-state index in [1.165, 1.54) is 5.56 Å². The maximum absolute atomic E-state index is 6.10. The molecule has 78 valence electrons. The lowest BCUT2D eigenvalue weighted by Crippen LogP contribution is -2.35. The minimum Gasteiger partial charge on any atom is -0.304 e. The number of rotatable bonds is 2. The van der Waals surface area contributed by atoms with Crippen molar-refractivity contribution in [2.24, 2.45) is 0 Å². The highest BCUT2D eigenvalue weighted by molar-refractivity contribution is 6.29. The van der Waals surface area contributed by atoms with Crippen molar-refractivity contribution in [2.75, 3.05) is 0 Å². The van der Waals surface area contributed by atoms with Gasteiger partial charge in [0.2, 0.25) is 0 Å². The zero-order chi connectivity index (χ0) is 10.7. The van der Waals surface area contributed by atoms with E-state index in [2.05, 4.69) is 24.5 Å². The van der Waals surface area contributed by atoms with Crippen molar-refractivity contribution in [2.45, 2.75) is 13.0 Å². The molecule has 0 bridgehead atoms. The first-order valence-electron chi connectivity index (χ1n) is 4.92. The molecule has 1 unspecified atom stereocenters. The van der Waals surface area contributed by atoms with Gasteiger partial charge in [-0.15, -0.1) is 0 Å². The van der Waals surface area contributed by atoms with Gasteiger partial charge in [0.1, 0.15) is 5.16 Å². The Labute approximate surface area is 94.8 Å². The minimum absolute atomic E-state index is 0.208. The third-order valence-corrected chi connectivity index (χ3v) is 2.75. The monoisotopic (exact) mass is 220 g/mol. The zero-order valence-electron chi connectivity index (χ0n) is 8.52. The summed E-state index contributed by atoms with van der Waals surface area (Å²) < 4.78 is 0. The lowest BCUT2D eigenvalue weighted by Gasteiger charge is -2.31. The van der Waals surface area contributed by atoms with Crippen molar-refractivity contribution < 1.29 is 0 Å². The molecule has 0 saturated carbocycles. The number of hydrogen-bond acceptors (Lipinski definition) is 2. The predicted octanol–water partition coefficient (Wildman–Crippen LogP) is 3.16. The van der Waals surface area contributed by atoms with Crippen LogP contribution in [0.3, 0.4) is 0 Å². The summed E-state index contributed by atoms with van der Waals surface area (Å²) in [4.78, 5) is 0. The fourth-order valence-electron chi connectivity index (χ4n) is 1.57. The topological polar surface area (TPSA) is 15.3 Å². The van der Waals surface area contributed by atoms with Crippen molar-refractivity contribution in [1.82, 2.24) is 10.4 Å². The summed E-state index contributed by atoms with van der Waals surface area (Å²) >= 11 is 6.10. The van der Waals surface area contributed by atoms with Crippen LogP contribution in [-0.2, 0) is 0 Å². The summed E-state index contributed by atoms with van der Waals surface area (Å²) in [6, 6.07) is 10.5. The molecule has 3 heteroatoms. The van der Waals surface area contributed by atoms with Gasteiger partial charge in [-0.1, -0.05) is 41.9 Å². The smallest absolute Gasteiger partial charge is 0.123 e. The molecule has 0 aromatic heterocycles. The van der Waals surface area contributed by atoms with Gasteiger partial charge in [-0.2, -0.15) is 0 Å². The number of halogens is 1. The molecule has 0 amide bonds. The number of hydrazine groups is 1. The van der Waals surface area contributed by atoms with Crippen molar-refractivity contribution >= 4 is 11.6 Å². The predicted molar refractivity (Wildman–Crippen MR) is 62.9 cm³/mol. The van der Waals surface area contributed by atoms with Crippen LogP contribution < -0.4 is 5.43 Å². The van der Waals surface area contributed by atoms with E-state index in [-0.39, 0.29) is 6.04 Å². The Hall–Kier alpha value is -1.41. The van der Waals surface area contributed by atoms with Crippen LogP contribution >= 0.6 is 11.6 Å². The standard InChI is InChI=1S/C12H13ClN2/c1-10(11-6-3-2-4-7-11)15-12(13)8-5-9-14-15/h2-10,14H,1H3. The SMILES string of the molecule is CC(c1ccccc1)N1NC=CC=C1Cl. The van der Waals surface area contributed by atoms with Crippen molar-refractivity contribution in [3.05, 3.63) is 59.4 Å². The fraction of sp³-hybridized carbons (Fsp3) is 0.167. The Morgan fingerprint density at radius 1 is 1.27 bits per heavy atom. The first kappa shape index (κ1) is 10.1. The Kier molecular flexibility index (Phi) is 2.97. The minimum atomic E-state index is 0.208. The van der Waals surface area contributed by atoms with Gasteiger partial charge in [-0.05, 0) is 24.6 Å². The Morgan fingerprint density at radius 3 is 2.67 bits per heavy atom. The highest BCUT2D eigenvalue weighted by Crippen LogP contribution is 2.25. The zero-order valence-corrected chi connectivity index (χ0v) is 9.28. The summed E-state index contributed by atoms with van der Waals surface area (Å²) in [7, 11) is 0. The maximum Gasteiger partial charge on any atom is 0.123 e. The molecule has 0 fully saturated rings. The van der Waals surface area contributed by atoms with Crippen molar-refractivity contribution in [3.8, 4) is 0 Å². The van der Waals surface area contributed by atoms with E-state index in [1.807, 2.05) is 41.6 Å². The Balaban J connectivity index is 2.19. The second kappa shape index (κ2) is 4.41. The van der Waals surface area contributed by atoms with Crippen molar-refractivity contribution in [1.29, 1.82) is 0 Å². The summed E-state index contributed by atoms with van der Waals surface area (Å²) in [6.07, 6.45) is 5.62. The van der Waals surface area contributed by atoms with E-state index in [9.17, 15) is 0 Å². The second-order valence-corrected chi connectivity index (χ2v) is 3.82. The summed E-state index contributed by atoms with van der Waals surface area (Å²) in [6.45, 7) is 2.11. The summed E-state index contributed by atoms with van der Waals surface area (Å²) in [5, 5.41) is 2.63. The first-order chi connectivity index (χ1) is 7.29. The number of allylic oxidation sites excluding steroid dienone is 2. The van der Waals surface area contributed by atoms with Gasteiger partial charge in [0, 0.05) is 6.20 Å². The Morgan fingerprint density at radius 2 is 2.00 bits per heavy atom. The quantitative estimate of drug-likeness (QED) is 0.771. The maximum atomic E-state index is 6.10. The van der Waals surface area contributed by atoms with Crippen LogP contribution in [0, 0.1) is 0 Å². The molecule has 0 radical (unpaired) electrons. The third kappa shape index (κ3) is 2.16. The molecular formula is C12H13ClN2. The van der Waals surface area contributed by atoms with Gasteiger partial charge in [-0.3, -0.25) is 5.01 Å². The molecular weight excluding hydrogens is 208 g/mol. The van der Waals surface area contributed by atoms with Gasteiger partial charge in [0.05, 0.1) is 6.04 Å². The van der Waals surface area contributed by atoms with E-state index >= 15 is 0 Å². The van der Waals surface area contributed by atoms with Crippen LogP contribution in [0.1, 0.15) is 18.5 Å². The lowest BCUT2D eigenvalue weighted by molar-refractivity contribution is 0.232. The van der Waals surface area contributed by atoms with Crippen LogP contribution in [0.25, 0.3) is 0 Å². The summed E-state index contributed by atoms with van der Waals surface area (Å²) in [5.41, 5.74) is 4.35. The van der Waals surface area contributed by atoms with E-state index in [4.69, 9.17) is 11.6 Å². The van der Waals surface area contributed by atoms with Gasteiger partial charge in [-0.25, -0.2) is 0 Å². The first-order valence-corrected chi connectivity index (χ1v) is 5.29. The van der Waals surface area contributed by atoms with Gasteiger partial charge in [0.25, 0.3) is 0 Å². The van der Waals surface area contributed by atoms with Crippen molar-refractivity contribution in [3.63, 3.8) is 0 Å². The van der Waals surface area contributed by atoms with Gasteiger partial charge in [0.15, 0.2) is 0 Å². The molecule has 1 aromatic rings. The van der Waals surface area contributed by atoms with E-state index < -0.39 is 0 Å². The second-order valence-electron chi connectivity index (χ2n) is 3.43. The molecule has 15 heavy (non-hydrogen) atoms.